The summed E-state index contributed by atoms with van der Waals surface area (Å²) in [5.74, 6) is -12.7. The highest BCUT2D eigenvalue weighted by molar-refractivity contribution is 5.95. The average Bonchev–Trinajstić information content (AvgIpc) is 0.791. The molecule has 0 radical (unpaired) electrons. The van der Waals surface area contributed by atoms with Crippen molar-refractivity contribution in [3.63, 3.8) is 0 Å². The van der Waals surface area contributed by atoms with Gasteiger partial charge in [0.2, 0.25) is 111 Å². The largest absolute Gasteiger partial charge is 0.478 e. The Hall–Kier alpha value is -18.6. The van der Waals surface area contributed by atoms with Crippen LogP contribution in [0, 0.1) is 0 Å². The van der Waals surface area contributed by atoms with Gasteiger partial charge >= 0.3 is 35.8 Å². The van der Waals surface area contributed by atoms with Crippen LogP contribution in [0.5, 0.6) is 0 Å². The number of Topliss-reactive ketones (excluding diaryl/α,β-unsaturated/α-hetero) is 3. The fourth-order valence-electron chi connectivity index (χ4n) is 9.08. The normalized spacial score (nSPS) is 10.7. The number of carbonyl (C=O) groups excluding carboxylic acids is 3. The maximum Gasteiger partial charge on any atom is 0.377 e. The highest BCUT2D eigenvalue weighted by Gasteiger charge is 2.25. The molecule has 0 unspecified atom stereocenters. The Morgan fingerprint density at radius 3 is 0.504 bits per heavy atom. The van der Waals surface area contributed by atoms with E-state index in [0.29, 0.717) is 44.5 Å². The fourth-order valence-corrected chi connectivity index (χ4v) is 9.08. The number of benzene rings is 5. The van der Waals surface area contributed by atoms with Crippen molar-refractivity contribution >= 4 is 53.2 Å². The highest BCUT2D eigenvalue weighted by atomic mass is 16.4. The number of hydrogen-bond donors (Lipinski definition) is 6. The molecule has 0 saturated heterocycles. The second-order valence-corrected chi connectivity index (χ2v) is 22.6. The topological polar surface area (TPSA) is 778 Å². The molecule has 0 amide bonds. The van der Waals surface area contributed by atoms with E-state index in [9.17, 15) is 53.4 Å². The van der Waals surface area contributed by atoms with E-state index in [1.807, 2.05) is 0 Å². The van der Waals surface area contributed by atoms with Gasteiger partial charge in [-0.1, -0.05) is 48.5 Å². The van der Waals surface area contributed by atoms with Gasteiger partial charge in [-0.05, 0) is 67.6 Å². The second kappa shape index (κ2) is 33.5. The summed E-state index contributed by atoms with van der Waals surface area (Å²) in [6.07, 6.45) is 0. The summed E-state index contributed by atoms with van der Waals surface area (Å²) in [5.41, 5.74) is 4.57. The third-order valence-electron chi connectivity index (χ3n) is 14.7. The molecule has 0 saturated carbocycles. The van der Waals surface area contributed by atoms with Gasteiger partial charge in [0.15, 0.2) is 5.78 Å². The van der Waals surface area contributed by atoms with E-state index in [4.69, 9.17) is 20.4 Å². The van der Waals surface area contributed by atoms with Crippen LogP contribution in [-0.2, 0) is 0 Å². The van der Waals surface area contributed by atoms with Gasteiger partial charge in [-0.15, -0.1) is 184 Å². The average molecular weight is 1580 g/mol. The van der Waals surface area contributed by atoms with Crippen LogP contribution < -0.4 is 0 Å². The van der Waals surface area contributed by atoms with Gasteiger partial charge in [0.1, 0.15) is 0 Å². The molecule has 570 valence electrons. The van der Waals surface area contributed by atoms with Crippen LogP contribution in [0.3, 0.4) is 0 Å². The van der Waals surface area contributed by atoms with Crippen molar-refractivity contribution < 1.29 is 73.8 Å². The minimum Gasteiger partial charge on any atom is -0.478 e. The lowest BCUT2D eigenvalue weighted by Crippen LogP contribution is -2.13. The van der Waals surface area contributed by atoms with Gasteiger partial charge in [-0.2, -0.15) is 0 Å². The molecule has 10 heterocycles. The van der Waals surface area contributed by atoms with Crippen molar-refractivity contribution in [1.82, 2.24) is 199 Å². The van der Waals surface area contributed by atoms with E-state index in [1.165, 1.54) is 63.2 Å². The summed E-state index contributed by atoms with van der Waals surface area (Å²) < 4.78 is 0. The lowest BCUT2D eigenvalue weighted by molar-refractivity contribution is 0.0669. The highest BCUT2D eigenvalue weighted by Crippen LogP contribution is 2.31. The summed E-state index contributed by atoms with van der Waals surface area (Å²) in [5, 5.41) is 191. The molecular formula is C63H33N39O15. The van der Waals surface area contributed by atoms with E-state index in [-0.39, 0.29) is 127 Å². The zero-order chi connectivity index (χ0) is 82.6. The predicted molar refractivity (Wildman–Crippen MR) is 370 cm³/mol. The van der Waals surface area contributed by atoms with Crippen molar-refractivity contribution in [2.45, 2.75) is 20.8 Å². The Morgan fingerprint density at radius 2 is 0.333 bits per heavy atom. The molecule has 10 aromatic heterocycles. The van der Waals surface area contributed by atoms with Crippen LogP contribution in [0.25, 0.3) is 137 Å². The first-order valence-corrected chi connectivity index (χ1v) is 31.8. The molecule has 15 aromatic rings. The van der Waals surface area contributed by atoms with Crippen molar-refractivity contribution in [2.75, 3.05) is 0 Å². The molecule has 0 bridgehead atoms. The summed E-state index contributed by atoms with van der Waals surface area (Å²) >= 11 is 0. The van der Waals surface area contributed by atoms with Crippen molar-refractivity contribution in [3.05, 3.63) is 161 Å². The monoisotopic (exact) mass is 1580 g/mol. The molecule has 15 rings (SSSR count). The molecule has 0 aliphatic rings. The van der Waals surface area contributed by atoms with Gasteiger partial charge in [0.05, 0.1) is 11.1 Å². The third-order valence-corrected chi connectivity index (χ3v) is 14.7. The number of rotatable bonds is 21. The number of ketones is 3. The van der Waals surface area contributed by atoms with Gasteiger partial charge in [-0.3, -0.25) is 14.4 Å². The lowest BCUT2D eigenvalue weighted by Gasteiger charge is -2.08. The molecule has 54 nitrogen and oxygen atoms in total. The van der Waals surface area contributed by atoms with E-state index in [0.717, 1.165) is 0 Å². The zero-order valence-corrected chi connectivity index (χ0v) is 58.2. The minimum atomic E-state index is -1.46. The molecule has 54 heteroatoms. The predicted octanol–water partition coefficient (Wildman–Crippen LogP) is 0.266. The number of carboxylic acid groups (broad SMARTS) is 6. The first-order valence-electron chi connectivity index (χ1n) is 31.8. The molecule has 0 atom stereocenters. The quantitative estimate of drug-likeness (QED) is 0.0526. The van der Waals surface area contributed by atoms with E-state index < -0.39 is 70.7 Å². The molecule has 0 fully saturated rings. The van der Waals surface area contributed by atoms with Crippen LogP contribution in [0.4, 0.5) is 0 Å². The number of nitrogens with zero attached hydrogens (tertiary/aromatic N) is 39. The molecule has 5 aromatic carbocycles. The molecule has 117 heavy (non-hydrogen) atoms. The number of carbonyl (C=O) groups is 9. The van der Waals surface area contributed by atoms with Crippen LogP contribution in [-0.4, -0.2) is 282 Å². The Morgan fingerprint density at radius 1 is 0.171 bits per heavy atom. The number of carboxylic acids is 6. The maximum atomic E-state index is 11.7. The van der Waals surface area contributed by atoms with E-state index in [2.05, 4.69) is 199 Å². The first-order chi connectivity index (χ1) is 56.3. The van der Waals surface area contributed by atoms with Crippen molar-refractivity contribution in [1.29, 1.82) is 0 Å². The Bertz CT molecular complexity index is 5500. The molecule has 6 N–H and O–H groups in total. The summed E-state index contributed by atoms with van der Waals surface area (Å²) in [4.78, 5) is 113. The summed E-state index contributed by atoms with van der Waals surface area (Å²) in [6, 6.07) is 28.2. The number of aromatic carboxylic acids is 6. The zero-order valence-electron chi connectivity index (χ0n) is 58.2. The van der Waals surface area contributed by atoms with Crippen molar-refractivity contribution in [3.8, 4) is 137 Å². The molecular weight excluding hydrogens is 1540 g/mol. The summed E-state index contributed by atoms with van der Waals surface area (Å²) in [7, 11) is 0. The SMILES string of the molecule is CC(=O)c1ccc(-c2nnc(-c3cc(-c4nnc(-c5ccc(C(=O)O)cc5)nn4)cc(-c4nnc(-c5ccc(C(=O)O)cc5)nn4)c3)nn2)cc1.CC(=O)c1nnc(-c2cc(-c3nnc(C(=O)O)nn3)cc(-c3nnc(C(=O)O)nn3)c2)nn1.CC(=O)c1nnc(-c2nc(-c3nnc(C(=O)O)nn3)nc(-c3nnc(C(=O)O)nn3)n2)nn1. The second-order valence-electron chi connectivity index (χ2n) is 22.6. The van der Waals surface area contributed by atoms with Gasteiger partial charge < -0.3 is 30.6 Å². The maximum absolute atomic E-state index is 11.7. The third kappa shape index (κ3) is 18.1. The fraction of sp³-hybridized carbons (Fsp3) is 0.0476. The Kier molecular flexibility index (Phi) is 21.9. The summed E-state index contributed by atoms with van der Waals surface area (Å²) in [6.45, 7) is 3.95. The van der Waals surface area contributed by atoms with E-state index in [1.54, 1.807) is 66.7 Å². The lowest BCUT2D eigenvalue weighted by atomic mass is 10.0. The minimum absolute atomic E-state index is 0.00856. The Labute approximate surface area is 642 Å². The first kappa shape index (κ1) is 76.6. The molecule has 0 aliphatic heterocycles. The van der Waals surface area contributed by atoms with Crippen LogP contribution in [0.2, 0.25) is 0 Å². The van der Waals surface area contributed by atoms with Gasteiger partial charge in [-0.25, -0.2) is 43.7 Å². The smallest absolute Gasteiger partial charge is 0.377 e. The van der Waals surface area contributed by atoms with Gasteiger partial charge in [0.25, 0.3) is 23.3 Å². The Balaban J connectivity index is 0.000000159. The van der Waals surface area contributed by atoms with E-state index >= 15 is 0 Å². The molecule has 0 spiro atoms. The number of hydrogen-bond acceptors (Lipinski definition) is 48. The molecule has 0 aliphatic carbocycles. The van der Waals surface area contributed by atoms with Gasteiger partial charge in [0, 0.05) is 69.5 Å². The van der Waals surface area contributed by atoms with Crippen molar-refractivity contribution in [2.24, 2.45) is 0 Å². The van der Waals surface area contributed by atoms with Crippen LogP contribution in [0.15, 0.2) is 109 Å². The number of aromatic nitrogens is 39. The van der Waals surface area contributed by atoms with Crippen LogP contribution >= 0.6 is 0 Å². The standard InChI is InChI=1S/C34H20N12O5.C16H8N12O5.C13H5N15O5/c1-17(47)18-2-4-19(5-3-18)27-35-41-30(42-36-27)24-14-25(31-43-37-28(38-44-31)20-6-10-22(11-7-20)33(48)49)16-26(15-24)32-45-39-29(40-46-32)21-8-12-23(13-9-21)34(50)51;1-5(29)9-17-19-10(20-18-9)6-2-7(11-21-25-13(15(30)31)26-22-11)4-8(3-6)12-23-27-14(16(32)33)28-24-12;1-2(29)3-17-19-7(20-18-3)4-14-5(8-21-25-10(12(30)31)26-22-8)16-6(15-4)9-23-27-11(13(32)33)28-24-9/h2-16H,1H3,(H,48,49)(H,50,51);2-4H,1H3,(H,30,31)(H,32,33);1H3,(H,30,31)(H,32,33). The van der Waals surface area contributed by atoms with Crippen LogP contribution in [0.1, 0.15) is 116 Å².